The number of fused-ring (bicyclic) bond motifs is 1. The van der Waals surface area contributed by atoms with Gasteiger partial charge in [0, 0.05) is 42.2 Å². The number of thiocarbonyl (C=S) groups is 1. The van der Waals surface area contributed by atoms with Crippen LogP contribution in [-0.2, 0) is 29.1 Å². The Balaban J connectivity index is 0.000000414. The van der Waals surface area contributed by atoms with E-state index >= 15 is 0 Å². The zero-order valence-electron chi connectivity index (χ0n) is 20.0. The summed E-state index contributed by atoms with van der Waals surface area (Å²) in [6.45, 7) is 2.34. The average Bonchev–Trinajstić information content (AvgIpc) is 3.54. The molecule has 2 heterocycles. The topological polar surface area (TPSA) is 145 Å². The first-order valence-electron chi connectivity index (χ1n) is 11.4. The molecule has 0 atom stereocenters. The Bertz CT molecular complexity index is 1330. The molecule has 4 rings (SSSR count). The van der Waals surface area contributed by atoms with E-state index in [-0.39, 0.29) is 0 Å². The summed E-state index contributed by atoms with van der Waals surface area (Å²) in [5.74, 6) is -2.51. The van der Waals surface area contributed by atoms with Crippen LogP contribution in [0.2, 0.25) is 0 Å². The molecule has 192 valence electrons. The number of nitrogens with one attached hydrogen (secondary N) is 2. The number of anilines is 1. The number of aromatic amines is 1. The summed E-state index contributed by atoms with van der Waals surface area (Å²) < 4.78 is 5.75. The molecule has 6 N–H and O–H groups in total. The molecule has 9 nitrogen and oxygen atoms in total. The summed E-state index contributed by atoms with van der Waals surface area (Å²) in [7, 11) is 0. The maximum atomic E-state index is 9.55. The van der Waals surface area contributed by atoms with Crippen molar-refractivity contribution in [2.75, 3.05) is 11.4 Å². The molecule has 2 aromatic carbocycles. The minimum atomic E-state index is -1.26. The third kappa shape index (κ3) is 8.64. The van der Waals surface area contributed by atoms with Crippen molar-refractivity contribution in [2.24, 2.45) is 5.73 Å². The van der Waals surface area contributed by atoms with Gasteiger partial charge in [-0.1, -0.05) is 30.3 Å². The highest BCUT2D eigenvalue weighted by molar-refractivity contribution is 7.80. The number of carboxylic acid groups (broad SMARTS) is 2. The number of benzene rings is 2. The SMILES string of the molecule is NC(=S)N(Cc1ccccc1)c1ccc2occ(CCNCc3cc[nH]c3)c2c1.O=C(O)/C=C\C(=O)O. The van der Waals surface area contributed by atoms with Crippen molar-refractivity contribution in [1.29, 1.82) is 0 Å². The quantitative estimate of drug-likeness (QED) is 0.119. The molecule has 0 fully saturated rings. The van der Waals surface area contributed by atoms with Gasteiger partial charge in [-0.3, -0.25) is 0 Å². The number of nitrogens with two attached hydrogens (primary N) is 1. The maximum Gasteiger partial charge on any atom is 0.328 e. The van der Waals surface area contributed by atoms with Gasteiger partial charge in [0.25, 0.3) is 0 Å². The van der Waals surface area contributed by atoms with Gasteiger partial charge >= 0.3 is 11.9 Å². The highest BCUT2D eigenvalue weighted by Crippen LogP contribution is 2.28. The summed E-state index contributed by atoms with van der Waals surface area (Å²) in [4.78, 5) is 24.1. The number of aromatic nitrogens is 1. The predicted molar refractivity (Wildman–Crippen MR) is 146 cm³/mol. The summed E-state index contributed by atoms with van der Waals surface area (Å²) in [5, 5.41) is 20.5. The molecular weight excluding hydrogens is 492 g/mol. The van der Waals surface area contributed by atoms with Crippen molar-refractivity contribution < 1.29 is 24.2 Å². The number of rotatable bonds is 10. The van der Waals surface area contributed by atoms with Gasteiger partial charge < -0.3 is 35.6 Å². The third-order valence-corrected chi connectivity index (χ3v) is 5.55. The number of H-pyrrole nitrogens is 1. The van der Waals surface area contributed by atoms with Gasteiger partial charge in [0.2, 0.25) is 0 Å². The molecule has 0 saturated heterocycles. The molecule has 10 heteroatoms. The Hall–Kier alpha value is -4.41. The first-order chi connectivity index (χ1) is 17.8. The molecule has 0 aliphatic heterocycles. The van der Waals surface area contributed by atoms with Gasteiger partial charge in [0.1, 0.15) is 5.58 Å². The molecule has 0 amide bonds. The second kappa shape index (κ2) is 13.6. The van der Waals surface area contributed by atoms with Crippen LogP contribution in [0.25, 0.3) is 11.0 Å². The van der Waals surface area contributed by atoms with E-state index in [1.165, 1.54) is 11.1 Å². The molecule has 0 saturated carbocycles. The van der Waals surface area contributed by atoms with Crippen LogP contribution in [0, 0.1) is 0 Å². The summed E-state index contributed by atoms with van der Waals surface area (Å²) in [6.07, 6.45) is 7.78. The summed E-state index contributed by atoms with van der Waals surface area (Å²) in [5.41, 5.74) is 11.5. The molecular formula is C27H28N4O5S. The lowest BCUT2D eigenvalue weighted by Gasteiger charge is -2.23. The fraction of sp³-hybridized carbons (Fsp3) is 0.148. The Morgan fingerprint density at radius 1 is 1.05 bits per heavy atom. The highest BCUT2D eigenvalue weighted by Gasteiger charge is 2.14. The van der Waals surface area contributed by atoms with E-state index in [1.54, 1.807) is 0 Å². The minimum absolute atomic E-state index is 0.353. The monoisotopic (exact) mass is 520 g/mol. The van der Waals surface area contributed by atoms with Crippen LogP contribution in [0.15, 0.2) is 89.8 Å². The van der Waals surface area contributed by atoms with Crippen molar-refractivity contribution in [3.8, 4) is 0 Å². The second-order valence-electron chi connectivity index (χ2n) is 8.01. The second-order valence-corrected chi connectivity index (χ2v) is 8.43. The van der Waals surface area contributed by atoms with Crippen molar-refractivity contribution in [3.05, 3.63) is 102 Å². The normalized spacial score (nSPS) is 10.7. The van der Waals surface area contributed by atoms with Crippen LogP contribution in [0.5, 0.6) is 0 Å². The van der Waals surface area contributed by atoms with E-state index < -0.39 is 11.9 Å². The summed E-state index contributed by atoms with van der Waals surface area (Å²) in [6, 6.07) is 18.4. The van der Waals surface area contributed by atoms with E-state index in [0.29, 0.717) is 23.8 Å². The lowest BCUT2D eigenvalue weighted by atomic mass is 10.1. The van der Waals surface area contributed by atoms with Crippen molar-refractivity contribution in [2.45, 2.75) is 19.5 Å². The van der Waals surface area contributed by atoms with E-state index in [1.807, 2.05) is 53.9 Å². The van der Waals surface area contributed by atoms with Gasteiger partial charge in [-0.2, -0.15) is 0 Å². The molecule has 4 aromatic rings. The molecule has 0 unspecified atom stereocenters. The highest BCUT2D eigenvalue weighted by atomic mass is 32.1. The first kappa shape index (κ1) is 27.2. The molecule has 0 spiro atoms. The number of hydrogen-bond acceptors (Lipinski definition) is 5. The lowest BCUT2D eigenvalue weighted by molar-refractivity contribution is -0.134. The number of furan rings is 1. The fourth-order valence-electron chi connectivity index (χ4n) is 3.56. The number of carbonyl (C=O) groups is 2. The van der Waals surface area contributed by atoms with Crippen LogP contribution >= 0.6 is 12.2 Å². The summed E-state index contributed by atoms with van der Waals surface area (Å²) >= 11 is 5.33. The van der Waals surface area contributed by atoms with Crippen LogP contribution in [0.4, 0.5) is 5.69 Å². The molecule has 0 aliphatic rings. The van der Waals surface area contributed by atoms with E-state index in [2.05, 4.69) is 34.6 Å². The number of hydrogen-bond donors (Lipinski definition) is 5. The zero-order chi connectivity index (χ0) is 26.6. The fourth-order valence-corrected chi connectivity index (χ4v) is 3.73. The van der Waals surface area contributed by atoms with E-state index in [9.17, 15) is 9.59 Å². The number of carboxylic acids is 2. The molecule has 0 bridgehead atoms. The molecule has 0 aliphatic carbocycles. The van der Waals surface area contributed by atoms with Gasteiger partial charge in [0.05, 0.1) is 12.8 Å². The van der Waals surface area contributed by atoms with Gasteiger partial charge in [-0.25, -0.2) is 9.59 Å². The van der Waals surface area contributed by atoms with Gasteiger partial charge in [-0.15, -0.1) is 0 Å². The lowest BCUT2D eigenvalue weighted by Crippen LogP contribution is -2.34. The average molecular weight is 521 g/mol. The third-order valence-electron chi connectivity index (χ3n) is 5.33. The number of nitrogens with zero attached hydrogens (tertiary/aromatic N) is 1. The molecule has 37 heavy (non-hydrogen) atoms. The maximum absolute atomic E-state index is 9.55. The standard InChI is InChI=1S/C23H24N4OS.C4H4O4/c24-23(29)27(15-17-4-2-1-3-5-17)20-6-7-22-21(12-20)19(16-28-22)9-11-26-14-18-8-10-25-13-18;5-3(6)1-2-4(7)8/h1-8,10,12-13,16,25-26H,9,11,14-15H2,(H2,24,29);1-2H,(H,5,6)(H,7,8)/b;2-1-. The Kier molecular flexibility index (Phi) is 10.0. The number of aliphatic carboxylic acids is 2. The van der Waals surface area contributed by atoms with Crippen LogP contribution in [0.1, 0.15) is 16.7 Å². The smallest absolute Gasteiger partial charge is 0.328 e. The van der Waals surface area contributed by atoms with Gasteiger partial charge in [-0.05, 0) is 66.1 Å². The van der Waals surface area contributed by atoms with Crippen molar-refractivity contribution in [3.63, 3.8) is 0 Å². The van der Waals surface area contributed by atoms with Crippen LogP contribution in [0.3, 0.4) is 0 Å². The van der Waals surface area contributed by atoms with Gasteiger partial charge in [0.15, 0.2) is 5.11 Å². The molecule has 2 aromatic heterocycles. The zero-order valence-corrected chi connectivity index (χ0v) is 20.8. The predicted octanol–water partition coefficient (Wildman–Crippen LogP) is 4.06. The van der Waals surface area contributed by atoms with E-state index in [0.717, 1.165) is 41.7 Å². The van der Waals surface area contributed by atoms with Crippen LogP contribution in [-0.4, -0.2) is 38.8 Å². The molecule has 0 radical (unpaired) electrons. The Morgan fingerprint density at radius 3 is 2.41 bits per heavy atom. The van der Waals surface area contributed by atoms with Crippen molar-refractivity contribution in [1.82, 2.24) is 10.3 Å². The largest absolute Gasteiger partial charge is 0.478 e. The minimum Gasteiger partial charge on any atom is -0.478 e. The van der Waals surface area contributed by atoms with E-state index in [4.69, 9.17) is 32.6 Å². The Morgan fingerprint density at radius 2 is 1.78 bits per heavy atom. The van der Waals surface area contributed by atoms with Crippen LogP contribution < -0.4 is 16.0 Å². The Labute approximate surface area is 219 Å². The van der Waals surface area contributed by atoms with Crippen molar-refractivity contribution >= 4 is 45.9 Å². The first-order valence-corrected chi connectivity index (χ1v) is 11.8.